The fourth-order valence-corrected chi connectivity index (χ4v) is 4.00. The van der Waals surface area contributed by atoms with Crippen LogP contribution in [0.1, 0.15) is 29.4 Å². The molecule has 0 aliphatic heterocycles. The minimum atomic E-state index is -0.859. The lowest BCUT2D eigenvalue weighted by Crippen LogP contribution is -2.30. The lowest BCUT2D eigenvalue weighted by atomic mass is 10.1. The first-order valence-electron chi connectivity index (χ1n) is 11.4. The number of hydrogen-bond acceptors (Lipinski definition) is 5. The summed E-state index contributed by atoms with van der Waals surface area (Å²) in [5, 5.41) is 13.3. The van der Waals surface area contributed by atoms with Crippen LogP contribution in [0.2, 0.25) is 10.0 Å². The number of nitriles is 1. The summed E-state index contributed by atoms with van der Waals surface area (Å²) in [6, 6.07) is 16.2. The van der Waals surface area contributed by atoms with Crippen molar-refractivity contribution >= 4 is 57.5 Å². The van der Waals surface area contributed by atoms with Crippen LogP contribution in [-0.2, 0) is 4.79 Å². The van der Waals surface area contributed by atoms with Gasteiger partial charge in [-0.15, -0.1) is 0 Å². The molecule has 1 heterocycles. The van der Waals surface area contributed by atoms with Gasteiger partial charge >= 0.3 is 0 Å². The van der Waals surface area contributed by atoms with Gasteiger partial charge in [0.05, 0.1) is 34.4 Å². The summed E-state index contributed by atoms with van der Waals surface area (Å²) >= 11 is 12.1. The second kappa shape index (κ2) is 11.0. The first-order valence-corrected chi connectivity index (χ1v) is 12.1. The van der Waals surface area contributed by atoms with Crippen LogP contribution in [-0.4, -0.2) is 29.1 Å². The Bertz CT molecular complexity index is 1530. The number of nitrogens with zero attached hydrogens (tertiary/aromatic N) is 2. The topological polar surface area (TPSA) is 100 Å². The van der Waals surface area contributed by atoms with Crippen molar-refractivity contribution in [3.8, 4) is 17.6 Å². The number of amides is 1. The van der Waals surface area contributed by atoms with E-state index in [1.54, 1.807) is 49.4 Å². The Morgan fingerprint density at radius 2 is 1.86 bits per heavy atom. The van der Waals surface area contributed by atoms with Gasteiger partial charge < -0.3 is 19.8 Å². The van der Waals surface area contributed by atoms with E-state index < -0.39 is 12.0 Å². The van der Waals surface area contributed by atoms with Gasteiger partial charge in [-0.05, 0) is 86.0 Å². The Morgan fingerprint density at radius 3 is 2.59 bits per heavy atom. The van der Waals surface area contributed by atoms with E-state index in [0.29, 0.717) is 44.2 Å². The molecule has 1 aromatic heterocycles. The monoisotopic (exact) mass is 534 g/mol. The number of aromatic amines is 1. The Labute approximate surface area is 224 Å². The lowest BCUT2D eigenvalue weighted by molar-refractivity contribution is -0.122. The molecule has 0 fully saturated rings. The number of carbonyl (C=O) groups is 1. The summed E-state index contributed by atoms with van der Waals surface area (Å²) in [7, 11) is 1.50. The summed E-state index contributed by atoms with van der Waals surface area (Å²) in [6.07, 6.45) is 0.851. The maximum atomic E-state index is 12.7. The van der Waals surface area contributed by atoms with Gasteiger partial charge in [-0.25, -0.2) is 4.98 Å². The Morgan fingerprint density at radius 1 is 1.11 bits per heavy atom. The molecule has 0 aliphatic carbocycles. The van der Waals surface area contributed by atoms with Crippen LogP contribution in [0.5, 0.6) is 11.5 Å². The number of benzene rings is 3. The van der Waals surface area contributed by atoms with E-state index in [2.05, 4.69) is 21.4 Å². The number of fused-ring (bicyclic) bond motifs is 1. The molecule has 188 valence electrons. The third kappa shape index (κ3) is 5.88. The number of carbonyl (C=O) groups excluding carboxylic acids is 1. The molecule has 9 heteroatoms. The molecule has 0 unspecified atom stereocenters. The quantitative estimate of drug-likeness (QED) is 0.249. The van der Waals surface area contributed by atoms with E-state index in [-0.39, 0.29) is 0 Å². The highest BCUT2D eigenvalue weighted by Crippen LogP contribution is 2.31. The fourth-order valence-electron chi connectivity index (χ4n) is 3.66. The van der Waals surface area contributed by atoms with Crippen LogP contribution in [0, 0.1) is 25.2 Å². The van der Waals surface area contributed by atoms with Crippen molar-refractivity contribution in [2.75, 3.05) is 12.4 Å². The van der Waals surface area contributed by atoms with Crippen molar-refractivity contribution in [1.29, 1.82) is 5.26 Å². The molecule has 0 bridgehead atoms. The van der Waals surface area contributed by atoms with E-state index in [1.165, 1.54) is 7.11 Å². The van der Waals surface area contributed by atoms with Gasteiger partial charge in [0.25, 0.3) is 5.91 Å². The van der Waals surface area contributed by atoms with Crippen molar-refractivity contribution in [2.24, 2.45) is 0 Å². The standard InChI is InChI=1S/C28H24Cl2N4O3/c1-15-9-23-24(10-16(15)2)33-27(32-23)19(14-31)11-18-5-8-25(26(12-18)36-4)37-17(3)28(35)34-22-13-20(29)6-7-21(22)30/h5-13,17H,1-4H3,(H,32,33)(H,34,35)/b19-11+/t17-/m0/s1. The van der Waals surface area contributed by atoms with Crippen LogP contribution < -0.4 is 14.8 Å². The molecule has 0 aliphatic rings. The van der Waals surface area contributed by atoms with Crippen molar-refractivity contribution in [2.45, 2.75) is 26.9 Å². The maximum Gasteiger partial charge on any atom is 0.265 e. The maximum absolute atomic E-state index is 12.7. The minimum absolute atomic E-state index is 0.363. The molecule has 3 aromatic carbocycles. The van der Waals surface area contributed by atoms with Crippen LogP contribution in [0.25, 0.3) is 22.7 Å². The first-order chi connectivity index (χ1) is 17.7. The molecule has 1 atom stereocenters. The fraction of sp³-hybridized carbons (Fsp3) is 0.179. The SMILES string of the molecule is COc1cc(/C=C(\C#N)c2nc3cc(C)c(C)cc3[nH]2)ccc1O[C@@H](C)C(=O)Nc1cc(Cl)ccc1Cl. The number of imidazole rings is 1. The molecular formula is C28H24Cl2N4O3. The second-order valence-corrected chi connectivity index (χ2v) is 9.34. The molecule has 0 saturated carbocycles. The summed E-state index contributed by atoms with van der Waals surface area (Å²) < 4.78 is 11.3. The number of halogens is 2. The van der Waals surface area contributed by atoms with Gasteiger partial charge in [0.1, 0.15) is 11.9 Å². The highest BCUT2D eigenvalue weighted by Gasteiger charge is 2.19. The Kier molecular flexibility index (Phi) is 7.72. The van der Waals surface area contributed by atoms with E-state index in [4.69, 9.17) is 32.7 Å². The largest absolute Gasteiger partial charge is 0.493 e. The summed E-state index contributed by atoms with van der Waals surface area (Å²) in [5.41, 5.74) is 5.40. The van der Waals surface area contributed by atoms with Gasteiger partial charge in [0.15, 0.2) is 17.6 Å². The van der Waals surface area contributed by atoms with E-state index in [9.17, 15) is 10.1 Å². The number of aryl methyl sites for hydroxylation is 2. The average Bonchev–Trinajstić information content (AvgIpc) is 3.27. The van der Waals surface area contributed by atoms with Gasteiger partial charge in [-0.2, -0.15) is 5.26 Å². The molecule has 37 heavy (non-hydrogen) atoms. The average molecular weight is 535 g/mol. The van der Waals surface area contributed by atoms with E-state index >= 15 is 0 Å². The molecule has 0 radical (unpaired) electrons. The number of hydrogen-bond donors (Lipinski definition) is 2. The minimum Gasteiger partial charge on any atom is -0.493 e. The molecule has 7 nitrogen and oxygen atoms in total. The third-order valence-corrected chi connectivity index (χ3v) is 6.40. The zero-order chi connectivity index (χ0) is 26.7. The molecule has 0 saturated heterocycles. The molecule has 4 aromatic rings. The number of H-pyrrole nitrogens is 1. The van der Waals surface area contributed by atoms with Crippen molar-refractivity contribution in [1.82, 2.24) is 9.97 Å². The number of methoxy groups -OCH3 is 1. The van der Waals surface area contributed by atoms with Crippen LogP contribution in [0.4, 0.5) is 5.69 Å². The molecular weight excluding hydrogens is 511 g/mol. The molecule has 4 rings (SSSR count). The molecule has 1 amide bonds. The molecule has 2 N–H and O–H groups in total. The van der Waals surface area contributed by atoms with E-state index in [0.717, 1.165) is 22.2 Å². The van der Waals surface area contributed by atoms with Crippen molar-refractivity contribution in [3.05, 3.63) is 81.1 Å². The number of ether oxygens (including phenoxy) is 2. The summed E-state index contributed by atoms with van der Waals surface area (Å²) in [5.74, 6) is 0.846. The highest BCUT2D eigenvalue weighted by molar-refractivity contribution is 6.35. The zero-order valence-electron chi connectivity index (χ0n) is 20.6. The predicted molar refractivity (Wildman–Crippen MR) is 147 cm³/mol. The Hall–Kier alpha value is -3.99. The smallest absolute Gasteiger partial charge is 0.265 e. The predicted octanol–water partition coefficient (Wildman–Crippen LogP) is 6.97. The third-order valence-electron chi connectivity index (χ3n) is 5.83. The molecule has 0 spiro atoms. The van der Waals surface area contributed by atoms with Crippen LogP contribution in [0.3, 0.4) is 0 Å². The van der Waals surface area contributed by atoms with Gasteiger partial charge in [-0.3, -0.25) is 4.79 Å². The first kappa shape index (κ1) is 26.1. The van der Waals surface area contributed by atoms with Crippen molar-refractivity contribution < 1.29 is 14.3 Å². The number of allylic oxidation sites excluding steroid dienone is 1. The lowest BCUT2D eigenvalue weighted by Gasteiger charge is -2.17. The highest BCUT2D eigenvalue weighted by atomic mass is 35.5. The number of aromatic nitrogens is 2. The summed E-state index contributed by atoms with van der Waals surface area (Å²) in [4.78, 5) is 20.5. The summed E-state index contributed by atoms with van der Waals surface area (Å²) in [6.45, 7) is 5.67. The number of nitrogens with one attached hydrogen (secondary N) is 2. The normalized spacial score (nSPS) is 12.2. The Balaban J connectivity index is 1.54. The second-order valence-electron chi connectivity index (χ2n) is 8.49. The number of rotatable bonds is 7. The van der Waals surface area contributed by atoms with Gasteiger partial charge in [0, 0.05) is 5.02 Å². The van der Waals surface area contributed by atoms with Crippen LogP contribution in [0.15, 0.2) is 48.5 Å². The van der Waals surface area contributed by atoms with Gasteiger partial charge in [0.2, 0.25) is 0 Å². The van der Waals surface area contributed by atoms with Gasteiger partial charge in [-0.1, -0.05) is 29.3 Å². The van der Waals surface area contributed by atoms with Crippen molar-refractivity contribution in [3.63, 3.8) is 0 Å². The van der Waals surface area contributed by atoms with E-state index in [1.807, 2.05) is 26.0 Å². The zero-order valence-corrected chi connectivity index (χ0v) is 22.2. The van der Waals surface area contributed by atoms with Crippen LogP contribution >= 0.6 is 23.2 Å². The number of anilines is 1.